The lowest BCUT2D eigenvalue weighted by atomic mass is 9.84. The number of nitrogens with zero attached hydrogens (tertiary/aromatic N) is 1. The summed E-state index contributed by atoms with van der Waals surface area (Å²) in [5.41, 5.74) is 0. The largest absolute Gasteiger partial charge is 0.395 e. The molecule has 1 amide bonds. The SMILES string of the molecule is O=C(C1CCCC(F)(F)C1)N(CCO)C1CCC1. The van der Waals surface area contributed by atoms with Gasteiger partial charge in [-0.15, -0.1) is 0 Å². The second kappa shape index (κ2) is 5.51. The van der Waals surface area contributed by atoms with Gasteiger partial charge < -0.3 is 10.0 Å². The molecule has 0 aromatic carbocycles. The van der Waals surface area contributed by atoms with Crippen LogP contribution in [0.1, 0.15) is 44.9 Å². The Labute approximate surface area is 106 Å². The summed E-state index contributed by atoms with van der Waals surface area (Å²) in [6, 6.07) is 0.167. The van der Waals surface area contributed by atoms with Crippen molar-refractivity contribution in [2.24, 2.45) is 5.92 Å². The smallest absolute Gasteiger partial charge is 0.248 e. The van der Waals surface area contributed by atoms with Crippen LogP contribution < -0.4 is 0 Å². The van der Waals surface area contributed by atoms with Crippen LogP contribution in [0, 0.1) is 5.92 Å². The van der Waals surface area contributed by atoms with Gasteiger partial charge in [0.05, 0.1) is 6.61 Å². The average molecular weight is 261 g/mol. The Balaban J connectivity index is 1.98. The molecule has 0 aromatic rings. The van der Waals surface area contributed by atoms with Crippen molar-refractivity contribution in [1.82, 2.24) is 4.90 Å². The molecule has 0 heterocycles. The number of hydrogen-bond donors (Lipinski definition) is 1. The van der Waals surface area contributed by atoms with Gasteiger partial charge in [-0.1, -0.05) is 0 Å². The van der Waals surface area contributed by atoms with Gasteiger partial charge in [0.1, 0.15) is 0 Å². The normalized spacial score (nSPS) is 27.6. The second-order valence-electron chi connectivity index (χ2n) is 5.49. The van der Waals surface area contributed by atoms with Crippen LogP contribution in [0.3, 0.4) is 0 Å². The Kier molecular flexibility index (Phi) is 4.20. The van der Waals surface area contributed by atoms with Gasteiger partial charge in [0.25, 0.3) is 0 Å². The van der Waals surface area contributed by atoms with E-state index in [2.05, 4.69) is 0 Å². The van der Waals surface area contributed by atoms with Gasteiger partial charge in [0.2, 0.25) is 11.8 Å². The number of carbonyl (C=O) groups excluding carboxylic acids is 1. The summed E-state index contributed by atoms with van der Waals surface area (Å²) in [5, 5.41) is 9.01. The van der Waals surface area contributed by atoms with Crippen LogP contribution in [0.15, 0.2) is 0 Å². The molecule has 2 rings (SSSR count). The van der Waals surface area contributed by atoms with Gasteiger partial charge in [-0.05, 0) is 32.1 Å². The van der Waals surface area contributed by atoms with Crippen molar-refractivity contribution in [2.45, 2.75) is 56.9 Å². The van der Waals surface area contributed by atoms with Crippen molar-refractivity contribution in [1.29, 1.82) is 0 Å². The summed E-state index contributed by atoms with van der Waals surface area (Å²) in [7, 11) is 0. The fraction of sp³-hybridized carbons (Fsp3) is 0.923. The van der Waals surface area contributed by atoms with Gasteiger partial charge in [-0.2, -0.15) is 0 Å². The Morgan fingerprint density at radius 1 is 1.28 bits per heavy atom. The van der Waals surface area contributed by atoms with Crippen LogP contribution in [0.5, 0.6) is 0 Å². The molecule has 0 radical (unpaired) electrons. The average Bonchev–Trinajstić information content (AvgIpc) is 2.23. The van der Waals surface area contributed by atoms with E-state index in [1.807, 2.05) is 0 Å². The zero-order valence-corrected chi connectivity index (χ0v) is 10.6. The predicted octanol–water partition coefficient (Wildman–Crippen LogP) is 2.19. The first-order chi connectivity index (χ1) is 8.53. The zero-order chi connectivity index (χ0) is 13.2. The Bertz CT molecular complexity index is 305. The van der Waals surface area contributed by atoms with Crippen molar-refractivity contribution >= 4 is 5.91 Å². The second-order valence-corrected chi connectivity index (χ2v) is 5.49. The molecule has 2 aliphatic carbocycles. The van der Waals surface area contributed by atoms with E-state index in [0.29, 0.717) is 12.8 Å². The van der Waals surface area contributed by atoms with Gasteiger partial charge in [-0.25, -0.2) is 8.78 Å². The minimum atomic E-state index is -2.69. The number of aliphatic hydroxyl groups excluding tert-OH is 1. The number of alkyl halides is 2. The minimum Gasteiger partial charge on any atom is -0.395 e. The third-order valence-electron chi connectivity index (χ3n) is 4.13. The molecular weight excluding hydrogens is 240 g/mol. The number of hydrogen-bond acceptors (Lipinski definition) is 2. The molecule has 18 heavy (non-hydrogen) atoms. The number of halogens is 2. The highest BCUT2D eigenvalue weighted by Crippen LogP contribution is 2.38. The van der Waals surface area contributed by atoms with E-state index in [0.717, 1.165) is 19.3 Å². The fourth-order valence-corrected chi connectivity index (χ4v) is 2.90. The maximum Gasteiger partial charge on any atom is 0.248 e. The van der Waals surface area contributed by atoms with Crippen molar-refractivity contribution < 1.29 is 18.7 Å². The monoisotopic (exact) mass is 261 g/mol. The highest BCUT2D eigenvalue weighted by Gasteiger charge is 2.41. The number of rotatable bonds is 4. The standard InChI is InChI=1S/C13H21F2NO2/c14-13(15)6-2-3-10(9-13)12(18)16(7-8-17)11-4-1-5-11/h10-11,17H,1-9H2. The van der Waals surface area contributed by atoms with E-state index in [-0.39, 0.29) is 37.9 Å². The molecule has 1 N–H and O–H groups in total. The van der Waals surface area contributed by atoms with Gasteiger partial charge >= 0.3 is 0 Å². The first-order valence-corrected chi connectivity index (χ1v) is 6.83. The lowest BCUT2D eigenvalue weighted by molar-refractivity contribution is -0.147. The highest BCUT2D eigenvalue weighted by atomic mass is 19.3. The van der Waals surface area contributed by atoms with E-state index >= 15 is 0 Å². The Morgan fingerprint density at radius 3 is 2.50 bits per heavy atom. The molecule has 3 nitrogen and oxygen atoms in total. The van der Waals surface area contributed by atoms with Crippen molar-refractivity contribution in [2.75, 3.05) is 13.2 Å². The number of carbonyl (C=O) groups is 1. The van der Waals surface area contributed by atoms with Gasteiger partial charge in [0, 0.05) is 31.3 Å². The summed E-state index contributed by atoms with van der Waals surface area (Å²) in [4.78, 5) is 13.9. The fourth-order valence-electron chi connectivity index (χ4n) is 2.90. The first-order valence-electron chi connectivity index (χ1n) is 6.83. The number of aliphatic hydroxyl groups is 1. The lowest BCUT2D eigenvalue weighted by Gasteiger charge is -2.40. The van der Waals surface area contributed by atoms with Crippen LogP contribution in [0.25, 0.3) is 0 Å². The molecule has 0 spiro atoms. The first kappa shape index (κ1) is 13.7. The molecule has 2 fully saturated rings. The molecular formula is C13H21F2NO2. The van der Waals surface area contributed by atoms with Crippen molar-refractivity contribution in [3.63, 3.8) is 0 Å². The van der Waals surface area contributed by atoms with Gasteiger partial charge in [-0.3, -0.25) is 4.79 Å². The van der Waals surface area contributed by atoms with Crippen LogP contribution in [0.2, 0.25) is 0 Å². The zero-order valence-electron chi connectivity index (χ0n) is 10.6. The van der Waals surface area contributed by atoms with Crippen LogP contribution >= 0.6 is 0 Å². The molecule has 0 bridgehead atoms. The van der Waals surface area contributed by atoms with Crippen LogP contribution in [-0.2, 0) is 4.79 Å². The molecule has 0 aliphatic heterocycles. The maximum atomic E-state index is 13.3. The van der Waals surface area contributed by atoms with Gasteiger partial charge in [0.15, 0.2) is 0 Å². The van der Waals surface area contributed by atoms with E-state index in [9.17, 15) is 13.6 Å². The predicted molar refractivity (Wildman–Crippen MR) is 63.3 cm³/mol. The summed E-state index contributed by atoms with van der Waals surface area (Å²) in [6.45, 7) is 0.191. The van der Waals surface area contributed by atoms with Crippen molar-refractivity contribution in [3.8, 4) is 0 Å². The maximum absolute atomic E-state index is 13.3. The number of amides is 1. The molecule has 2 aliphatic rings. The molecule has 0 aromatic heterocycles. The van der Waals surface area contributed by atoms with E-state index in [4.69, 9.17) is 5.11 Å². The molecule has 1 atom stereocenters. The lowest BCUT2D eigenvalue weighted by Crippen LogP contribution is -2.49. The topological polar surface area (TPSA) is 40.5 Å². The Morgan fingerprint density at radius 2 is 2.00 bits per heavy atom. The summed E-state index contributed by atoms with van der Waals surface area (Å²) < 4.78 is 26.7. The van der Waals surface area contributed by atoms with Crippen LogP contribution in [-0.4, -0.2) is 41.0 Å². The third kappa shape index (κ3) is 2.99. The van der Waals surface area contributed by atoms with Crippen molar-refractivity contribution in [3.05, 3.63) is 0 Å². The highest BCUT2D eigenvalue weighted by molar-refractivity contribution is 5.79. The minimum absolute atomic E-state index is 0.0919. The van der Waals surface area contributed by atoms with E-state index in [1.165, 1.54) is 0 Å². The molecule has 1 unspecified atom stereocenters. The molecule has 5 heteroatoms. The quantitative estimate of drug-likeness (QED) is 0.842. The molecule has 0 saturated heterocycles. The van der Waals surface area contributed by atoms with E-state index < -0.39 is 11.8 Å². The summed E-state index contributed by atoms with van der Waals surface area (Å²) in [6.07, 6.45) is 3.52. The summed E-state index contributed by atoms with van der Waals surface area (Å²) in [5.74, 6) is -3.42. The Hall–Kier alpha value is -0.710. The van der Waals surface area contributed by atoms with Crippen LogP contribution in [0.4, 0.5) is 8.78 Å². The molecule has 104 valence electrons. The third-order valence-corrected chi connectivity index (χ3v) is 4.13. The van der Waals surface area contributed by atoms with E-state index in [1.54, 1.807) is 4.90 Å². The summed E-state index contributed by atoms with van der Waals surface area (Å²) >= 11 is 0. The molecule has 2 saturated carbocycles.